The molecule has 6 nitrogen and oxygen atoms in total. The molecule has 0 aliphatic heterocycles. The van der Waals surface area contributed by atoms with E-state index in [4.69, 9.17) is 4.74 Å². The molecule has 3 rings (SSSR count). The van der Waals surface area contributed by atoms with Gasteiger partial charge in [-0.25, -0.2) is 13.2 Å². The van der Waals surface area contributed by atoms with Crippen molar-refractivity contribution in [1.29, 1.82) is 0 Å². The van der Waals surface area contributed by atoms with Gasteiger partial charge in [0.25, 0.3) is 0 Å². The van der Waals surface area contributed by atoms with Gasteiger partial charge < -0.3 is 14.9 Å². The van der Waals surface area contributed by atoms with E-state index in [0.29, 0.717) is 17.1 Å². The Bertz CT molecular complexity index is 1240. The summed E-state index contributed by atoms with van der Waals surface area (Å²) in [5.41, 5.74) is 1.97. The van der Waals surface area contributed by atoms with E-state index in [1.165, 1.54) is 12.1 Å². The van der Waals surface area contributed by atoms with Gasteiger partial charge in [-0.1, -0.05) is 44.2 Å². The van der Waals surface area contributed by atoms with Gasteiger partial charge in [-0.15, -0.1) is 0 Å². The van der Waals surface area contributed by atoms with Gasteiger partial charge in [0.1, 0.15) is 17.1 Å². The predicted molar refractivity (Wildman–Crippen MR) is 127 cm³/mol. The van der Waals surface area contributed by atoms with E-state index in [2.05, 4.69) is 0 Å². The van der Waals surface area contributed by atoms with Crippen molar-refractivity contribution >= 4 is 15.8 Å². The molecule has 0 fully saturated rings. The fraction of sp³-hybridized carbons (Fsp3) is 0.269. The van der Waals surface area contributed by atoms with E-state index >= 15 is 0 Å². The van der Waals surface area contributed by atoms with Gasteiger partial charge in [0, 0.05) is 5.41 Å². The Morgan fingerprint density at radius 1 is 0.970 bits per heavy atom. The number of aromatic carboxylic acids is 1. The molecule has 7 heteroatoms. The third-order valence-corrected chi connectivity index (χ3v) is 7.50. The molecule has 3 aromatic carbocycles. The maximum Gasteiger partial charge on any atom is 0.339 e. The van der Waals surface area contributed by atoms with Crippen LogP contribution in [0.15, 0.2) is 71.6 Å². The molecule has 2 N–H and O–H groups in total. The maximum absolute atomic E-state index is 12.5. The number of aromatic hydroxyl groups is 1. The molecule has 174 valence electrons. The number of aryl methyl sites for hydroxylation is 1. The molecule has 0 radical (unpaired) electrons. The zero-order chi connectivity index (χ0) is 24.2. The highest BCUT2D eigenvalue weighted by Crippen LogP contribution is 2.34. The van der Waals surface area contributed by atoms with E-state index in [1.807, 2.05) is 51.1 Å². The SMILES string of the molecule is Cc1cccc(S(=O)(=O)CCCOc2ccc(C(C)(C)c3ccc(O)c(C(=O)O)c3)cc2)c1. The number of hydrogen-bond acceptors (Lipinski definition) is 5. The zero-order valence-electron chi connectivity index (χ0n) is 18.9. The van der Waals surface area contributed by atoms with E-state index < -0.39 is 21.2 Å². The van der Waals surface area contributed by atoms with Crippen molar-refractivity contribution in [3.05, 3.63) is 89.0 Å². The monoisotopic (exact) mass is 468 g/mol. The van der Waals surface area contributed by atoms with E-state index in [9.17, 15) is 23.4 Å². The molecule has 33 heavy (non-hydrogen) atoms. The highest BCUT2D eigenvalue weighted by Gasteiger charge is 2.25. The molecule has 0 heterocycles. The van der Waals surface area contributed by atoms with Gasteiger partial charge in [0.15, 0.2) is 9.84 Å². The lowest BCUT2D eigenvalue weighted by Gasteiger charge is -2.27. The fourth-order valence-electron chi connectivity index (χ4n) is 3.60. The quantitative estimate of drug-likeness (QED) is 0.430. The second-order valence-corrected chi connectivity index (χ2v) is 10.6. The molecule has 0 unspecified atom stereocenters. The summed E-state index contributed by atoms with van der Waals surface area (Å²) >= 11 is 0. The molecule has 0 saturated heterocycles. The van der Waals surface area contributed by atoms with Crippen LogP contribution in [0.1, 0.15) is 47.3 Å². The van der Waals surface area contributed by atoms with Crippen molar-refractivity contribution in [3.63, 3.8) is 0 Å². The average Bonchev–Trinajstić information content (AvgIpc) is 2.77. The van der Waals surface area contributed by atoms with Crippen molar-refractivity contribution < 1.29 is 28.2 Å². The minimum atomic E-state index is -3.35. The van der Waals surface area contributed by atoms with Crippen LogP contribution < -0.4 is 4.74 Å². The largest absolute Gasteiger partial charge is 0.507 e. The predicted octanol–water partition coefficient (Wildman–Crippen LogP) is 4.97. The second kappa shape index (κ2) is 9.67. The summed E-state index contributed by atoms with van der Waals surface area (Å²) in [4.78, 5) is 11.7. The molecule has 0 aliphatic carbocycles. The summed E-state index contributed by atoms with van der Waals surface area (Å²) in [6, 6.07) is 18.9. The summed E-state index contributed by atoms with van der Waals surface area (Å²) in [7, 11) is -3.35. The summed E-state index contributed by atoms with van der Waals surface area (Å²) in [5.74, 6) is -0.818. The number of carboxylic acid groups (broad SMARTS) is 1. The summed E-state index contributed by atoms with van der Waals surface area (Å²) in [5, 5.41) is 19.1. The van der Waals surface area contributed by atoms with Crippen molar-refractivity contribution in [3.8, 4) is 11.5 Å². The molecular weight excluding hydrogens is 440 g/mol. The lowest BCUT2D eigenvalue weighted by Crippen LogP contribution is -2.19. The lowest BCUT2D eigenvalue weighted by atomic mass is 9.77. The van der Waals surface area contributed by atoms with E-state index in [-0.39, 0.29) is 23.7 Å². The summed E-state index contributed by atoms with van der Waals surface area (Å²) in [6.45, 7) is 6.07. The Morgan fingerprint density at radius 2 is 1.64 bits per heavy atom. The van der Waals surface area contributed by atoms with Crippen molar-refractivity contribution in [2.75, 3.05) is 12.4 Å². The molecule has 0 spiro atoms. The standard InChI is InChI=1S/C26H28O6S/c1-18-6-4-7-22(16-18)33(30,31)15-5-14-32-21-11-8-19(9-12-21)26(2,3)20-10-13-24(27)23(17-20)25(28)29/h4,6-13,16-17,27H,5,14-15H2,1-3H3,(H,28,29). The van der Waals surface area contributed by atoms with Crippen LogP contribution in [0.3, 0.4) is 0 Å². The van der Waals surface area contributed by atoms with Gasteiger partial charge in [0.05, 0.1) is 17.3 Å². The first kappa shape index (κ1) is 24.3. The van der Waals surface area contributed by atoms with Gasteiger partial charge in [0.2, 0.25) is 0 Å². The first-order chi connectivity index (χ1) is 15.5. The number of hydrogen-bond donors (Lipinski definition) is 2. The fourth-order valence-corrected chi connectivity index (χ4v) is 4.98. The Kier molecular flexibility index (Phi) is 7.12. The van der Waals surface area contributed by atoms with Crippen LogP contribution in [0.25, 0.3) is 0 Å². The van der Waals surface area contributed by atoms with Gasteiger partial charge in [-0.3, -0.25) is 0 Å². The molecule has 0 saturated carbocycles. The van der Waals surface area contributed by atoms with Gasteiger partial charge >= 0.3 is 5.97 Å². The second-order valence-electron chi connectivity index (χ2n) is 8.52. The molecule has 0 aliphatic rings. The summed E-state index contributed by atoms with van der Waals surface area (Å²) < 4.78 is 30.7. The lowest BCUT2D eigenvalue weighted by molar-refractivity contribution is 0.0693. The molecular formula is C26H28O6S. The Morgan fingerprint density at radius 3 is 2.27 bits per heavy atom. The van der Waals surface area contributed by atoms with Crippen LogP contribution in [0.2, 0.25) is 0 Å². The van der Waals surface area contributed by atoms with Crippen LogP contribution in [0, 0.1) is 6.92 Å². The molecule has 3 aromatic rings. The minimum absolute atomic E-state index is 0.00827. The highest BCUT2D eigenvalue weighted by atomic mass is 32.2. The third-order valence-electron chi connectivity index (χ3n) is 5.70. The van der Waals surface area contributed by atoms with Crippen molar-refractivity contribution in [1.82, 2.24) is 0 Å². The molecule has 0 amide bonds. The average molecular weight is 469 g/mol. The van der Waals surface area contributed by atoms with Crippen LogP contribution in [-0.4, -0.2) is 37.0 Å². The van der Waals surface area contributed by atoms with Gasteiger partial charge in [-0.05, 0) is 66.4 Å². The number of carboxylic acids is 1. The third kappa shape index (κ3) is 5.73. The van der Waals surface area contributed by atoms with Crippen LogP contribution in [0.4, 0.5) is 0 Å². The Hall–Kier alpha value is -3.32. The van der Waals surface area contributed by atoms with Gasteiger partial charge in [-0.2, -0.15) is 0 Å². The first-order valence-electron chi connectivity index (χ1n) is 10.6. The zero-order valence-corrected chi connectivity index (χ0v) is 19.7. The number of carbonyl (C=O) groups is 1. The summed E-state index contributed by atoms with van der Waals surface area (Å²) in [6.07, 6.45) is 0.370. The Balaban J connectivity index is 1.62. The molecule has 0 bridgehead atoms. The highest BCUT2D eigenvalue weighted by molar-refractivity contribution is 7.91. The number of sulfone groups is 1. The van der Waals surface area contributed by atoms with Crippen LogP contribution in [0.5, 0.6) is 11.5 Å². The molecule has 0 atom stereocenters. The normalized spacial score (nSPS) is 11.8. The van der Waals surface area contributed by atoms with Crippen molar-refractivity contribution in [2.45, 2.75) is 37.5 Å². The number of ether oxygens (including phenoxy) is 1. The van der Waals surface area contributed by atoms with Crippen LogP contribution >= 0.6 is 0 Å². The smallest absolute Gasteiger partial charge is 0.339 e. The Labute approximate surface area is 194 Å². The number of rotatable bonds is 9. The number of phenols is 1. The van der Waals surface area contributed by atoms with E-state index in [0.717, 1.165) is 16.7 Å². The molecule has 0 aromatic heterocycles. The topological polar surface area (TPSA) is 101 Å². The van der Waals surface area contributed by atoms with Crippen molar-refractivity contribution in [2.24, 2.45) is 0 Å². The van der Waals surface area contributed by atoms with Crippen LogP contribution in [-0.2, 0) is 15.3 Å². The maximum atomic E-state index is 12.5. The minimum Gasteiger partial charge on any atom is -0.507 e. The first-order valence-corrected chi connectivity index (χ1v) is 12.3. The van der Waals surface area contributed by atoms with E-state index in [1.54, 1.807) is 24.3 Å². The number of benzene rings is 3.